The molecule has 0 aliphatic carbocycles. The highest BCUT2D eigenvalue weighted by Crippen LogP contribution is 2.14. The lowest BCUT2D eigenvalue weighted by Gasteiger charge is -2.05. The van der Waals surface area contributed by atoms with Crippen LogP contribution >= 0.6 is 11.3 Å². The van der Waals surface area contributed by atoms with E-state index in [2.05, 4.69) is 0 Å². The molecule has 0 saturated heterocycles. The topological polar surface area (TPSA) is 56.9 Å². The van der Waals surface area contributed by atoms with E-state index >= 15 is 0 Å². The van der Waals surface area contributed by atoms with Crippen molar-refractivity contribution in [2.45, 2.75) is 0 Å². The highest BCUT2D eigenvalue weighted by atomic mass is 32.1. The Labute approximate surface area is 104 Å². The molecule has 0 unspecified atom stereocenters. The van der Waals surface area contributed by atoms with E-state index in [9.17, 15) is 0 Å². The zero-order valence-electron chi connectivity index (χ0n) is 9.36. The minimum atomic E-state index is 0.228. The van der Waals surface area contributed by atoms with Crippen molar-refractivity contribution in [1.29, 1.82) is 10.8 Å². The molecule has 4 heteroatoms. The van der Waals surface area contributed by atoms with Crippen LogP contribution in [0.5, 0.6) is 5.75 Å². The first-order chi connectivity index (χ1) is 8.22. The van der Waals surface area contributed by atoms with Crippen molar-refractivity contribution in [2.24, 2.45) is 0 Å². The second-order valence-electron chi connectivity index (χ2n) is 3.49. The molecule has 3 nitrogen and oxygen atoms in total. The maximum atomic E-state index is 7.98. The maximum Gasteiger partial charge on any atom is 0.118 e. The van der Waals surface area contributed by atoms with Crippen LogP contribution in [0.15, 0.2) is 41.1 Å². The van der Waals surface area contributed by atoms with Crippen LogP contribution in [0, 0.1) is 10.8 Å². The van der Waals surface area contributed by atoms with E-state index in [4.69, 9.17) is 15.6 Å². The van der Waals surface area contributed by atoms with Crippen molar-refractivity contribution in [3.63, 3.8) is 0 Å². The summed E-state index contributed by atoms with van der Waals surface area (Å²) in [5, 5.41) is 19.7. The first kappa shape index (κ1) is 11.5. The Hall–Kier alpha value is -1.94. The van der Waals surface area contributed by atoms with Gasteiger partial charge in [0.1, 0.15) is 5.75 Å². The number of thiophene rings is 1. The van der Waals surface area contributed by atoms with Crippen LogP contribution in [0.1, 0.15) is 11.1 Å². The van der Waals surface area contributed by atoms with Crippen molar-refractivity contribution in [2.75, 3.05) is 7.11 Å². The molecule has 17 heavy (non-hydrogen) atoms. The molecule has 2 aromatic rings. The van der Waals surface area contributed by atoms with Crippen LogP contribution in [0.2, 0.25) is 0 Å². The van der Waals surface area contributed by atoms with Crippen LogP contribution in [0.4, 0.5) is 0 Å². The summed E-state index contributed by atoms with van der Waals surface area (Å²) in [7, 11) is 1.60. The predicted octanol–water partition coefficient (Wildman–Crippen LogP) is 3.19. The van der Waals surface area contributed by atoms with Gasteiger partial charge in [-0.05, 0) is 35.7 Å². The average molecular weight is 244 g/mol. The van der Waals surface area contributed by atoms with Gasteiger partial charge in [0.05, 0.1) is 18.5 Å². The number of rotatable bonds is 4. The van der Waals surface area contributed by atoms with Gasteiger partial charge in [0.2, 0.25) is 0 Å². The smallest absolute Gasteiger partial charge is 0.118 e. The van der Waals surface area contributed by atoms with Gasteiger partial charge >= 0.3 is 0 Å². The van der Waals surface area contributed by atoms with E-state index in [0.717, 1.165) is 16.9 Å². The summed E-state index contributed by atoms with van der Waals surface area (Å²) in [6, 6.07) is 9.03. The van der Waals surface area contributed by atoms with Crippen LogP contribution in [0.25, 0.3) is 0 Å². The molecular formula is C13H12N2OS. The molecule has 0 atom stereocenters. The number of hydrogen-bond acceptors (Lipinski definition) is 4. The van der Waals surface area contributed by atoms with Crippen LogP contribution in [-0.2, 0) is 0 Å². The van der Waals surface area contributed by atoms with Gasteiger partial charge in [-0.3, -0.25) is 10.8 Å². The molecule has 0 radical (unpaired) electrons. The molecule has 1 heterocycles. The molecule has 0 fully saturated rings. The van der Waals surface area contributed by atoms with Gasteiger partial charge in [0.25, 0.3) is 0 Å². The third-order valence-electron chi connectivity index (χ3n) is 2.44. The fourth-order valence-corrected chi connectivity index (χ4v) is 2.10. The van der Waals surface area contributed by atoms with Gasteiger partial charge < -0.3 is 4.74 Å². The number of ether oxygens (including phenoxy) is 1. The summed E-state index contributed by atoms with van der Waals surface area (Å²) in [5.41, 5.74) is 1.99. The lowest BCUT2D eigenvalue weighted by atomic mass is 10.0. The average Bonchev–Trinajstić information content (AvgIpc) is 2.91. The summed E-state index contributed by atoms with van der Waals surface area (Å²) < 4.78 is 5.06. The minimum absolute atomic E-state index is 0.228. The maximum absolute atomic E-state index is 7.98. The number of benzene rings is 1. The second-order valence-corrected chi connectivity index (χ2v) is 4.27. The largest absolute Gasteiger partial charge is 0.497 e. The number of methoxy groups -OCH3 is 1. The molecule has 1 aromatic heterocycles. The standard InChI is InChI=1S/C13H12N2OS/c1-16-11-4-2-9(3-5-11)12(14)13(15)10-6-7-17-8-10/h2-8,14-15H,1H3. The van der Waals surface area contributed by atoms with Crippen molar-refractivity contribution in [3.8, 4) is 5.75 Å². The third-order valence-corrected chi connectivity index (χ3v) is 3.12. The first-order valence-electron chi connectivity index (χ1n) is 5.07. The molecule has 2 rings (SSSR count). The van der Waals surface area contributed by atoms with Crippen molar-refractivity contribution < 1.29 is 4.74 Å². The zero-order chi connectivity index (χ0) is 12.3. The lowest BCUT2D eigenvalue weighted by molar-refractivity contribution is 0.415. The van der Waals surface area contributed by atoms with Crippen LogP contribution in [-0.4, -0.2) is 18.5 Å². The van der Waals surface area contributed by atoms with Gasteiger partial charge in [-0.2, -0.15) is 11.3 Å². The van der Waals surface area contributed by atoms with E-state index < -0.39 is 0 Å². The molecule has 0 amide bonds. The molecule has 1 aromatic carbocycles. The third kappa shape index (κ3) is 2.42. The molecule has 0 saturated carbocycles. The Kier molecular flexibility index (Phi) is 3.35. The van der Waals surface area contributed by atoms with Crippen LogP contribution < -0.4 is 4.74 Å². The fourth-order valence-electron chi connectivity index (χ4n) is 1.45. The molecule has 0 aliphatic rings. The highest BCUT2D eigenvalue weighted by Gasteiger charge is 2.10. The Morgan fingerprint density at radius 1 is 1.00 bits per heavy atom. The van der Waals surface area contributed by atoms with E-state index in [1.54, 1.807) is 31.4 Å². The summed E-state index contributed by atoms with van der Waals surface area (Å²) in [5.74, 6) is 0.753. The number of hydrogen-bond donors (Lipinski definition) is 2. The second kappa shape index (κ2) is 4.93. The summed E-state index contributed by atoms with van der Waals surface area (Å²) in [6.45, 7) is 0. The zero-order valence-corrected chi connectivity index (χ0v) is 10.2. The minimum Gasteiger partial charge on any atom is -0.497 e. The molecular weight excluding hydrogens is 232 g/mol. The predicted molar refractivity (Wildman–Crippen MR) is 71.0 cm³/mol. The normalized spacial score (nSPS) is 9.94. The Morgan fingerprint density at radius 3 is 2.18 bits per heavy atom. The Balaban J connectivity index is 2.22. The summed E-state index contributed by atoms with van der Waals surface area (Å²) in [6.07, 6.45) is 0. The van der Waals surface area contributed by atoms with Crippen LogP contribution in [0.3, 0.4) is 0 Å². The highest BCUT2D eigenvalue weighted by molar-refractivity contribution is 7.08. The Bertz CT molecular complexity index is 529. The molecule has 2 N–H and O–H groups in total. The van der Waals surface area contributed by atoms with E-state index in [-0.39, 0.29) is 11.4 Å². The lowest BCUT2D eigenvalue weighted by Crippen LogP contribution is -2.13. The first-order valence-corrected chi connectivity index (χ1v) is 6.01. The van der Waals surface area contributed by atoms with Gasteiger partial charge in [-0.1, -0.05) is 0 Å². The monoisotopic (exact) mass is 244 g/mol. The van der Waals surface area contributed by atoms with Crippen molar-refractivity contribution >= 4 is 22.8 Å². The SMILES string of the molecule is COc1ccc(C(=N)C(=N)c2ccsc2)cc1. The van der Waals surface area contributed by atoms with Gasteiger partial charge in [-0.25, -0.2) is 0 Å². The fraction of sp³-hybridized carbons (Fsp3) is 0.0769. The molecule has 86 valence electrons. The van der Waals surface area contributed by atoms with Gasteiger partial charge in [-0.15, -0.1) is 0 Å². The van der Waals surface area contributed by atoms with Crippen molar-refractivity contribution in [3.05, 3.63) is 52.2 Å². The number of nitrogens with one attached hydrogen (secondary N) is 2. The molecule has 0 aliphatic heterocycles. The molecule has 0 spiro atoms. The molecule has 0 bridgehead atoms. The quantitative estimate of drug-likeness (QED) is 0.797. The van der Waals surface area contributed by atoms with E-state index in [1.165, 1.54) is 11.3 Å². The van der Waals surface area contributed by atoms with Gasteiger partial charge in [0.15, 0.2) is 0 Å². The van der Waals surface area contributed by atoms with E-state index in [1.807, 2.05) is 16.8 Å². The summed E-state index contributed by atoms with van der Waals surface area (Å²) in [4.78, 5) is 0. The Morgan fingerprint density at radius 2 is 1.65 bits per heavy atom. The van der Waals surface area contributed by atoms with Gasteiger partial charge in [0, 0.05) is 16.5 Å². The van der Waals surface area contributed by atoms with Crippen molar-refractivity contribution in [1.82, 2.24) is 0 Å². The van der Waals surface area contributed by atoms with E-state index in [0.29, 0.717) is 0 Å². The summed E-state index contributed by atoms with van der Waals surface area (Å²) >= 11 is 1.53.